The highest BCUT2D eigenvalue weighted by molar-refractivity contribution is 7.10. The van der Waals surface area contributed by atoms with Gasteiger partial charge >= 0.3 is 0 Å². The zero-order valence-corrected chi connectivity index (χ0v) is 16.7. The van der Waals surface area contributed by atoms with Crippen LogP contribution in [0.15, 0.2) is 36.4 Å². The van der Waals surface area contributed by atoms with E-state index in [1.54, 1.807) is 12.1 Å². The number of ether oxygens (including phenoxy) is 2. The smallest absolute Gasteiger partial charge is 0.155 e. The van der Waals surface area contributed by atoms with Crippen molar-refractivity contribution in [2.45, 2.75) is 37.4 Å². The van der Waals surface area contributed by atoms with Crippen molar-refractivity contribution in [2.75, 3.05) is 6.61 Å². The highest BCUT2D eigenvalue weighted by Gasteiger charge is 2.48. The van der Waals surface area contributed by atoms with E-state index in [-0.39, 0.29) is 30.1 Å². The van der Waals surface area contributed by atoms with Crippen LogP contribution in [0.5, 0.6) is 5.75 Å². The number of aliphatic hydroxyl groups is 1. The summed E-state index contributed by atoms with van der Waals surface area (Å²) in [5, 5.41) is 10.3. The monoisotopic (exact) mass is 404 g/mol. The fraction of sp³-hybridized carbons (Fsp3) is 0.529. The molecule has 8 atom stereocenters. The fourth-order valence-corrected chi connectivity index (χ4v) is 4.22. The van der Waals surface area contributed by atoms with Crippen molar-refractivity contribution in [2.24, 2.45) is 11.8 Å². The van der Waals surface area contributed by atoms with Gasteiger partial charge in [-0.3, -0.25) is 0 Å². The Labute approximate surface area is 157 Å². The molecule has 1 heterocycles. The minimum atomic E-state index is -0.670. The molecule has 1 saturated carbocycles. The van der Waals surface area contributed by atoms with Gasteiger partial charge in [-0.25, -0.2) is 0 Å². The van der Waals surface area contributed by atoms with Crippen molar-refractivity contribution in [1.82, 2.24) is 0 Å². The van der Waals surface area contributed by atoms with Crippen molar-refractivity contribution in [3.63, 3.8) is 0 Å². The maximum Gasteiger partial charge on any atom is 0.155 e. The number of hydrogen-bond acceptors (Lipinski definition) is 5. The van der Waals surface area contributed by atoms with Gasteiger partial charge in [0.2, 0.25) is 0 Å². The molecule has 0 aromatic heterocycles. The third-order valence-corrected chi connectivity index (χ3v) is 5.71. The third-order valence-electron chi connectivity index (χ3n) is 4.78. The largest absolute Gasteiger partial charge is 0.490 e. The molecule has 3 rings (SSSR count). The number of benzene rings is 1. The molecule has 2 aliphatic rings. The van der Waals surface area contributed by atoms with Gasteiger partial charge in [0.25, 0.3) is 0 Å². The first kappa shape index (κ1) is 19.5. The second kappa shape index (κ2) is 9.10. The van der Waals surface area contributed by atoms with Crippen LogP contribution in [0.3, 0.4) is 0 Å². The van der Waals surface area contributed by atoms with Crippen LogP contribution in [0.2, 0.25) is 5.02 Å². The molecule has 25 heavy (non-hydrogen) atoms. The summed E-state index contributed by atoms with van der Waals surface area (Å²) >= 11 is 5.96. The molecule has 1 N–H and O–H groups in total. The van der Waals surface area contributed by atoms with Gasteiger partial charge in [0.05, 0.1) is 12.2 Å². The van der Waals surface area contributed by atoms with Crippen molar-refractivity contribution in [3.8, 4) is 5.75 Å². The SMILES string of the molecule is OC1CC2C(CC(OP)C2/C=C/C(COc2cccc(Cl)c2)OP)O1. The molecule has 138 valence electrons. The standard InChI is InChI=1S/C17H23ClO5P2/c18-10-2-1-3-11(6-10)20-9-12(22-24)4-5-13-14-7-17(19)21-15(14)8-16(13)23-25/h1-6,12-17,19H,7-9,24-25H2/b5-4+. The van der Waals surface area contributed by atoms with Crippen LogP contribution >= 0.6 is 30.5 Å². The molecule has 1 saturated heterocycles. The predicted molar refractivity (Wildman–Crippen MR) is 102 cm³/mol. The lowest BCUT2D eigenvalue weighted by atomic mass is 9.91. The summed E-state index contributed by atoms with van der Waals surface area (Å²) in [5.74, 6) is 1.14. The van der Waals surface area contributed by atoms with Gasteiger partial charge in [-0.1, -0.05) is 29.8 Å². The summed E-state index contributed by atoms with van der Waals surface area (Å²) in [6, 6.07) is 7.26. The van der Waals surface area contributed by atoms with Crippen LogP contribution in [0.1, 0.15) is 12.8 Å². The van der Waals surface area contributed by atoms with Crippen LogP contribution < -0.4 is 4.74 Å². The Morgan fingerprint density at radius 1 is 1.36 bits per heavy atom. The van der Waals surface area contributed by atoms with Gasteiger partial charge < -0.3 is 23.6 Å². The van der Waals surface area contributed by atoms with E-state index in [0.717, 1.165) is 6.42 Å². The first-order valence-corrected chi connectivity index (χ1v) is 9.54. The average Bonchev–Trinajstić information content (AvgIpc) is 3.11. The number of rotatable bonds is 7. The highest BCUT2D eigenvalue weighted by Crippen LogP contribution is 2.45. The molecule has 8 heteroatoms. The van der Waals surface area contributed by atoms with Crippen LogP contribution in [-0.2, 0) is 13.8 Å². The van der Waals surface area contributed by atoms with Crippen molar-refractivity contribution in [1.29, 1.82) is 0 Å². The molecule has 1 aromatic rings. The number of halogens is 1. The summed E-state index contributed by atoms with van der Waals surface area (Å²) in [6.07, 6.45) is 4.71. The Bertz CT molecular complexity index is 602. The van der Waals surface area contributed by atoms with Crippen molar-refractivity contribution in [3.05, 3.63) is 41.4 Å². The van der Waals surface area contributed by atoms with Crippen LogP contribution in [0.4, 0.5) is 0 Å². The zero-order valence-electron chi connectivity index (χ0n) is 13.7. The Morgan fingerprint density at radius 2 is 2.20 bits per heavy atom. The van der Waals surface area contributed by atoms with E-state index in [4.69, 9.17) is 30.1 Å². The normalized spacial score (nSPS) is 32.9. The van der Waals surface area contributed by atoms with Gasteiger partial charge in [0.1, 0.15) is 18.5 Å². The minimum Gasteiger partial charge on any atom is -0.490 e. The van der Waals surface area contributed by atoms with Gasteiger partial charge in [0, 0.05) is 42.7 Å². The molecule has 5 nitrogen and oxygen atoms in total. The van der Waals surface area contributed by atoms with E-state index in [0.29, 0.717) is 23.8 Å². The first-order valence-electron chi connectivity index (χ1n) is 8.22. The van der Waals surface area contributed by atoms with Crippen LogP contribution in [0.25, 0.3) is 0 Å². The molecular weight excluding hydrogens is 382 g/mol. The summed E-state index contributed by atoms with van der Waals surface area (Å²) < 4.78 is 22.2. The maximum atomic E-state index is 9.72. The van der Waals surface area contributed by atoms with Crippen molar-refractivity contribution < 1.29 is 23.6 Å². The van der Waals surface area contributed by atoms with Crippen molar-refractivity contribution >= 4 is 30.5 Å². The first-order chi connectivity index (χ1) is 12.1. The van der Waals surface area contributed by atoms with Gasteiger partial charge in [-0.2, -0.15) is 0 Å². The molecule has 8 unspecified atom stereocenters. The van der Waals surface area contributed by atoms with E-state index in [2.05, 4.69) is 25.0 Å². The fourth-order valence-electron chi connectivity index (χ4n) is 3.58. The Morgan fingerprint density at radius 3 is 2.92 bits per heavy atom. The van der Waals surface area contributed by atoms with E-state index in [1.165, 1.54) is 0 Å². The molecule has 0 spiro atoms. The molecule has 0 radical (unpaired) electrons. The molecule has 2 fully saturated rings. The second-order valence-electron chi connectivity index (χ2n) is 6.34. The predicted octanol–water partition coefficient (Wildman–Crippen LogP) is 3.37. The lowest BCUT2D eigenvalue weighted by molar-refractivity contribution is -0.0938. The van der Waals surface area contributed by atoms with Crippen LogP contribution in [-0.4, -0.2) is 36.3 Å². The lowest BCUT2D eigenvalue weighted by Gasteiger charge is -2.20. The van der Waals surface area contributed by atoms with E-state index >= 15 is 0 Å². The quantitative estimate of drug-likeness (QED) is 0.558. The number of fused-ring (bicyclic) bond motifs is 1. The molecule has 1 aromatic carbocycles. The second-order valence-corrected chi connectivity index (χ2v) is 7.32. The van der Waals surface area contributed by atoms with E-state index in [1.807, 2.05) is 18.2 Å². The summed E-state index contributed by atoms with van der Waals surface area (Å²) in [5.41, 5.74) is 0. The van der Waals surface area contributed by atoms with E-state index < -0.39 is 6.29 Å². The van der Waals surface area contributed by atoms with Crippen LogP contribution in [0, 0.1) is 11.8 Å². The highest BCUT2D eigenvalue weighted by atomic mass is 35.5. The zero-order chi connectivity index (χ0) is 17.8. The maximum absolute atomic E-state index is 9.72. The summed E-state index contributed by atoms with van der Waals surface area (Å²) in [6.45, 7) is 0.368. The van der Waals surface area contributed by atoms with E-state index in [9.17, 15) is 5.11 Å². The minimum absolute atomic E-state index is 0.0493. The Balaban J connectivity index is 1.60. The van der Waals surface area contributed by atoms with Gasteiger partial charge in [0.15, 0.2) is 6.29 Å². The summed E-state index contributed by atoms with van der Waals surface area (Å²) in [7, 11) is 4.61. The molecule has 0 bridgehead atoms. The number of aliphatic hydroxyl groups excluding tert-OH is 1. The topological polar surface area (TPSA) is 57.2 Å². The van der Waals surface area contributed by atoms with Gasteiger partial charge in [-0.15, -0.1) is 0 Å². The average molecular weight is 405 g/mol. The van der Waals surface area contributed by atoms with Gasteiger partial charge in [-0.05, 0) is 24.1 Å². The Kier molecular flexibility index (Phi) is 7.10. The third kappa shape index (κ3) is 4.93. The Hall–Kier alpha value is -0.250. The number of hydrogen-bond donors (Lipinski definition) is 1. The molecule has 1 aliphatic carbocycles. The molecule has 0 amide bonds. The lowest BCUT2D eigenvalue weighted by Crippen LogP contribution is -2.21. The molecule has 1 aliphatic heterocycles. The summed E-state index contributed by atoms with van der Waals surface area (Å²) in [4.78, 5) is 0. The molecular formula is C17H23ClO5P2.